The first-order valence-corrected chi connectivity index (χ1v) is 15.6. The minimum atomic E-state index is -0.500. The van der Waals surface area contributed by atoms with Crippen molar-refractivity contribution >= 4 is 23.4 Å². The number of rotatable bonds is 18. The summed E-state index contributed by atoms with van der Waals surface area (Å²) >= 11 is 0. The molecule has 0 aliphatic carbocycles. The Morgan fingerprint density at radius 2 is 1.79 bits per heavy atom. The first-order chi connectivity index (χ1) is 20.6. The van der Waals surface area contributed by atoms with Gasteiger partial charge < -0.3 is 41.0 Å². The molecule has 11 nitrogen and oxygen atoms in total. The largest absolute Gasteiger partial charge is 0.388 e. The van der Waals surface area contributed by atoms with Crippen LogP contribution in [-0.2, 0) is 30.3 Å². The highest BCUT2D eigenvalue weighted by molar-refractivity contribution is 5.81. The molecule has 1 saturated heterocycles. The number of hydrogen-bond acceptors (Lipinski definition) is 8. The average molecular weight is 605 g/mol. The van der Waals surface area contributed by atoms with Gasteiger partial charge in [0, 0.05) is 53.1 Å². The number of anilines is 1. The maximum absolute atomic E-state index is 13.8. The molecule has 1 fully saturated rings. The van der Waals surface area contributed by atoms with Gasteiger partial charge in [-0.15, -0.1) is 0 Å². The van der Waals surface area contributed by atoms with E-state index in [1.807, 2.05) is 43.1 Å². The average Bonchev–Trinajstić information content (AvgIpc) is 3.50. The minimum absolute atomic E-state index is 0.0496. The highest BCUT2D eigenvalue weighted by Gasteiger charge is 2.42. The molecule has 0 radical (unpaired) electrons. The van der Waals surface area contributed by atoms with Crippen molar-refractivity contribution in [3.05, 3.63) is 29.8 Å². The number of nitrogens with two attached hydrogens (primary N) is 1. The number of benzene rings is 1. The van der Waals surface area contributed by atoms with Crippen molar-refractivity contribution in [3.8, 4) is 0 Å². The van der Waals surface area contributed by atoms with Gasteiger partial charge in [0.25, 0.3) is 0 Å². The summed E-state index contributed by atoms with van der Waals surface area (Å²) in [5, 5.41) is 9.13. The van der Waals surface area contributed by atoms with E-state index < -0.39 is 18.1 Å². The first kappa shape index (κ1) is 36.5. The van der Waals surface area contributed by atoms with E-state index in [9.17, 15) is 14.4 Å². The van der Waals surface area contributed by atoms with Crippen LogP contribution in [0.3, 0.4) is 0 Å². The normalized spacial score (nSPS) is 19.2. The molecule has 43 heavy (non-hydrogen) atoms. The molecule has 2 rings (SSSR count). The molecule has 7 atom stereocenters. The summed E-state index contributed by atoms with van der Waals surface area (Å²) in [7, 11) is 8.58. The Balaban J connectivity index is 2.13. The fourth-order valence-corrected chi connectivity index (χ4v) is 6.22. The molecule has 5 N–H and O–H groups in total. The van der Waals surface area contributed by atoms with Crippen LogP contribution in [0.2, 0.25) is 0 Å². The molecule has 1 heterocycles. The number of hydrogen-bond donors (Lipinski definition) is 4. The second-order valence-electron chi connectivity index (χ2n) is 11.8. The highest BCUT2D eigenvalue weighted by Crippen LogP contribution is 2.29. The van der Waals surface area contributed by atoms with Gasteiger partial charge in [0.1, 0.15) is 0 Å². The quantitative estimate of drug-likeness (QED) is 0.199. The number of carbonyl (C=O) groups is 3. The fourth-order valence-electron chi connectivity index (χ4n) is 6.22. The maximum Gasteiger partial charge on any atom is 0.236 e. The first-order valence-electron chi connectivity index (χ1n) is 15.6. The zero-order chi connectivity index (χ0) is 32.1. The van der Waals surface area contributed by atoms with Gasteiger partial charge in [0.15, 0.2) is 0 Å². The molecule has 244 valence electrons. The molecule has 7 unspecified atom stereocenters. The zero-order valence-electron chi connectivity index (χ0n) is 27.5. The monoisotopic (exact) mass is 604 g/mol. The summed E-state index contributed by atoms with van der Waals surface area (Å²) in [6.07, 6.45) is 2.21. The second kappa shape index (κ2) is 18.2. The van der Waals surface area contributed by atoms with E-state index in [-0.39, 0.29) is 54.7 Å². The molecule has 1 aliphatic rings. The van der Waals surface area contributed by atoms with E-state index in [0.717, 1.165) is 30.5 Å². The van der Waals surface area contributed by atoms with Gasteiger partial charge in [-0.3, -0.25) is 14.4 Å². The Labute approximate surface area is 258 Å². The summed E-state index contributed by atoms with van der Waals surface area (Å²) in [6.45, 7) is 7.10. The maximum atomic E-state index is 13.8. The summed E-state index contributed by atoms with van der Waals surface area (Å²) in [4.78, 5) is 43.5. The third-order valence-electron chi connectivity index (χ3n) is 8.99. The van der Waals surface area contributed by atoms with Crippen LogP contribution in [0, 0.1) is 11.8 Å². The van der Waals surface area contributed by atoms with Crippen LogP contribution in [-0.4, -0.2) is 113 Å². The van der Waals surface area contributed by atoms with Crippen molar-refractivity contribution in [2.24, 2.45) is 17.6 Å². The minimum Gasteiger partial charge on any atom is -0.388 e. The molecule has 0 aromatic heterocycles. The Morgan fingerprint density at radius 3 is 2.33 bits per heavy atom. The Morgan fingerprint density at radius 1 is 1.12 bits per heavy atom. The molecular weight excluding hydrogens is 548 g/mol. The molecule has 11 heteroatoms. The van der Waals surface area contributed by atoms with Crippen molar-refractivity contribution in [3.63, 3.8) is 0 Å². The number of carbonyl (C=O) groups excluding carboxylic acids is 3. The molecule has 1 aromatic carbocycles. The van der Waals surface area contributed by atoms with Gasteiger partial charge in [-0.1, -0.05) is 39.3 Å². The molecule has 1 aromatic rings. The van der Waals surface area contributed by atoms with Gasteiger partial charge in [0.2, 0.25) is 17.7 Å². The summed E-state index contributed by atoms with van der Waals surface area (Å²) < 4.78 is 11.8. The molecule has 0 bridgehead atoms. The summed E-state index contributed by atoms with van der Waals surface area (Å²) in [5.41, 5.74) is 8.14. The van der Waals surface area contributed by atoms with E-state index in [1.54, 1.807) is 33.2 Å². The number of likely N-dealkylation sites (tertiary alicyclic amines) is 1. The van der Waals surface area contributed by atoms with Crippen LogP contribution in [0.5, 0.6) is 0 Å². The van der Waals surface area contributed by atoms with Gasteiger partial charge >= 0.3 is 0 Å². The molecular formula is C32H56N6O5. The zero-order valence-corrected chi connectivity index (χ0v) is 27.5. The van der Waals surface area contributed by atoms with Crippen LogP contribution < -0.4 is 21.7 Å². The lowest BCUT2D eigenvalue weighted by molar-refractivity contribution is -0.145. The van der Waals surface area contributed by atoms with Gasteiger partial charge in [-0.05, 0) is 49.9 Å². The lowest BCUT2D eigenvalue weighted by atomic mass is 9.90. The van der Waals surface area contributed by atoms with Crippen LogP contribution in [0.25, 0.3) is 0 Å². The van der Waals surface area contributed by atoms with E-state index in [2.05, 4.69) is 29.8 Å². The van der Waals surface area contributed by atoms with E-state index in [1.165, 1.54) is 0 Å². The summed E-state index contributed by atoms with van der Waals surface area (Å²) in [5.74, 6) is -0.627. The number of likely N-dealkylation sites (N-methyl/N-ethyl adjacent to an activating group) is 2. The third-order valence-corrected chi connectivity index (χ3v) is 8.99. The van der Waals surface area contributed by atoms with E-state index >= 15 is 0 Å². The van der Waals surface area contributed by atoms with Crippen LogP contribution in [0.15, 0.2) is 24.3 Å². The van der Waals surface area contributed by atoms with E-state index in [0.29, 0.717) is 19.5 Å². The molecule has 0 saturated carbocycles. The Kier molecular flexibility index (Phi) is 15.4. The molecule has 1 aliphatic heterocycles. The lowest BCUT2D eigenvalue weighted by Crippen LogP contribution is -2.54. The second-order valence-corrected chi connectivity index (χ2v) is 11.8. The van der Waals surface area contributed by atoms with Gasteiger partial charge in [-0.25, -0.2) is 0 Å². The van der Waals surface area contributed by atoms with Crippen LogP contribution in [0.4, 0.5) is 5.69 Å². The lowest BCUT2D eigenvalue weighted by Gasteiger charge is -2.39. The predicted molar refractivity (Wildman–Crippen MR) is 171 cm³/mol. The molecule has 0 spiro atoms. The topological polar surface area (TPSA) is 138 Å². The van der Waals surface area contributed by atoms with Gasteiger partial charge in [0.05, 0.1) is 43.2 Å². The van der Waals surface area contributed by atoms with Crippen LogP contribution >= 0.6 is 0 Å². The number of nitrogens with zero attached hydrogens (tertiary/aromatic N) is 2. The van der Waals surface area contributed by atoms with Crippen LogP contribution in [0.1, 0.15) is 52.0 Å². The van der Waals surface area contributed by atoms with Gasteiger partial charge in [-0.2, -0.15) is 0 Å². The summed E-state index contributed by atoms with van der Waals surface area (Å²) in [6, 6.07) is 7.32. The molecule has 3 amide bonds. The smallest absolute Gasteiger partial charge is 0.236 e. The van der Waals surface area contributed by atoms with Crippen molar-refractivity contribution in [2.75, 3.05) is 60.3 Å². The number of ether oxygens (including phenoxy) is 2. The third kappa shape index (κ3) is 9.89. The van der Waals surface area contributed by atoms with Crippen molar-refractivity contribution in [2.45, 2.75) is 83.2 Å². The Hall–Kier alpha value is -2.73. The SMILES string of the molecule is CCC(C)C(C(CC(=O)N1CCCC1C(OC)C(C)C(=O)NC(CN)Cc1ccc(NC)cc1)OC)N(C)C(=O)CNC. The predicted octanol–water partition coefficient (Wildman–Crippen LogP) is 1.85. The van der Waals surface area contributed by atoms with E-state index in [4.69, 9.17) is 15.2 Å². The number of amides is 3. The number of nitrogens with one attached hydrogen (secondary N) is 3. The standard InChI is InChI=1S/C32H56N6O5/c1-9-21(2)30(37(6)29(40)20-34-4)27(42-7)18-28(39)38-16-10-11-26(38)31(43-8)22(3)32(41)36-25(19-33)17-23-12-14-24(35-5)15-13-23/h12-15,21-22,25-27,30-31,34-35H,9-11,16-20,33H2,1-8H3,(H,36,41). The number of methoxy groups -OCH3 is 2. The van der Waals surface area contributed by atoms with Crippen molar-refractivity contribution < 1.29 is 23.9 Å². The Bertz CT molecular complexity index is 1010. The van der Waals surface area contributed by atoms with Crippen molar-refractivity contribution in [1.29, 1.82) is 0 Å². The highest BCUT2D eigenvalue weighted by atomic mass is 16.5. The van der Waals surface area contributed by atoms with Crippen molar-refractivity contribution in [1.82, 2.24) is 20.4 Å². The fraction of sp³-hybridized carbons (Fsp3) is 0.719.